The summed E-state index contributed by atoms with van der Waals surface area (Å²) in [5.74, 6) is -1.22. The molecule has 0 aliphatic carbocycles. The number of nitro benzene ring substituents is 1. The van der Waals surface area contributed by atoms with E-state index < -0.39 is 22.3 Å². The summed E-state index contributed by atoms with van der Waals surface area (Å²) in [6.45, 7) is 3.60. The third-order valence-corrected chi connectivity index (χ3v) is 3.96. The van der Waals surface area contributed by atoms with Gasteiger partial charge in [-0.25, -0.2) is 4.98 Å². The molecule has 1 aromatic carbocycles. The minimum Gasteiger partial charge on any atom is -0.502 e. The van der Waals surface area contributed by atoms with E-state index in [0.717, 1.165) is 16.8 Å². The van der Waals surface area contributed by atoms with Crippen LogP contribution < -0.4 is 5.32 Å². The van der Waals surface area contributed by atoms with Crippen molar-refractivity contribution in [3.63, 3.8) is 0 Å². The van der Waals surface area contributed by atoms with Crippen LogP contribution in [0.2, 0.25) is 0 Å². The predicted molar refractivity (Wildman–Crippen MR) is 77.5 cm³/mol. The van der Waals surface area contributed by atoms with E-state index in [-0.39, 0.29) is 11.6 Å². The summed E-state index contributed by atoms with van der Waals surface area (Å²) in [6, 6.07) is 3.47. The van der Waals surface area contributed by atoms with Gasteiger partial charge in [-0.15, -0.1) is 11.3 Å². The van der Waals surface area contributed by atoms with Crippen molar-refractivity contribution in [1.82, 2.24) is 10.3 Å². The van der Waals surface area contributed by atoms with Crippen LogP contribution in [-0.4, -0.2) is 20.9 Å². The molecule has 0 spiro atoms. The molecular formula is C13H13N3O4S. The lowest BCUT2D eigenvalue weighted by Gasteiger charge is -2.12. The number of amides is 1. The van der Waals surface area contributed by atoms with Crippen LogP contribution in [0.15, 0.2) is 23.6 Å². The largest absolute Gasteiger partial charge is 0.502 e. The second-order valence-corrected chi connectivity index (χ2v) is 5.34. The Balaban J connectivity index is 2.21. The maximum absolute atomic E-state index is 12.1. The number of thiazole rings is 1. The number of carbonyl (C=O) groups is 1. The number of phenols is 1. The first-order chi connectivity index (χ1) is 9.90. The van der Waals surface area contributed by atoms with E-state index in [4.69, 9.17) is 0 Å². The summed E-state index contributed by atoms with van der Waals surface area (Å²) in [4.78, 5) is 26.4. The molecule has 1 heterocycles. The number of aromatic hydroxyl groups is 1. The molecule has 1 unspecified atom stereocenters. The molecular weight excluding hydrogens is 294 g/mol. The number of hydrogen-bond acceptors (Lipinski definition) is 6. The number of carbonyl (C=O) groups excluding carboxylic acids is 1. The Hall–Kier alpha value is -2.48. The number of hydrogen-bond donors (Lipinski definition) is 2. The summed E-state index contributed by atoms with van der Waals surface area (Å²) >= 11 is 1.41. The van der Waals surface area contributed by atoms with Gasteiger partial charge in [-0.05, 0) is 19.9 Å². The molecule has 7 nitrogen and oxygen atoms in total. The molecule has 2 aromatic rings. The summed E-state index contributed by atoms with van der Waals surface area (Å²) in [6.07, 6.45) is 0. The van der Waals surface area contributed by atoms with E-state index in [0.29, 0.717) is 0 Å². The molecule has 1 atom stereocenters. The second-order valence-electron chi connectivity index (χ2n) is 4.45. The van der Waals surface area contributed by atoms with Crippen LogP contribution >= 0.6 is 11.3 Å². The lowest BCUT2D eigenvalue weighted by Crippen LogP contribution is -2.26. The van der Waals surface area contributed by atoms with Gasteiger partial charge in [0.2, 0.25) is 5.75 Å². The van der Waals surface area contributed by atoms with Gasteiger partial charge in [0, 0.05) is 17.1 Å². The van der Waals surface area contributed by atoms with Crippen molar-refractivity contribution in [2.45, 2.75) is 19.9 Å². The highest BCUT2D eigenvalue weighted by Crippen LogP contribution is 2.29. The zero-order chi connectivity index (χ0) is 15.6. The molecule has 0 fully saturated rings. The molecule has 2 rings (SSSR count). The van der Waals surface area contributed by atoms with Gasteiger partial charge in [0.1, 0.15) is 5.01 Å². The van der Waals surface area contributed by atoms with Crippen LogP contribution in [0.4, 0.5) is 5.69 Å². The average Bonchev–Trinajstić information content (AvgIpc) is 2.85. The van der Waals surface area contributed by atoms with Crippen LogP contribution in [0.25, 0.3) is 0 Å². The first kappa shape index (κ1) is 14.9. The fraction of sp³-hybridized carbons (Fsp3) is 0.231. The first-order valence-corrected chi connectivity index (χ1v) is 6.97. The van der Waals surface area contributed by atoms with Gasteiger partial charge in [-0.1, -0.05) is 6.07 Å². The number of phenolic OH excluding ortho intramolecular Hbond substituents is 1. The summed E-state index contributed by atoms with van der Waals surface area (Å²) in [5.41, 5.74) is 0.221. The van der Waals surface area contributed by atoms with Gasteiger partial charge in [-0.2, -0.15) is 0 Å². The summed E-state index contributed by atoms with van der Waals surface area (Å²) in [5, 5.41) is 25.8. The highest BCUT2D eigenvalue weighted by atomic mass is 32.1. The molecule has 8 heteroatoms. The standard InChI is InChI=1S/C13H13N3O4S/c1-7-6-21-13(14-7)8(2)15-12(18)9-4-3-5-10(11(9)17)16(19)20/h3-6,8,17H,1-2H3,(H,15,18). The first-order valence-electron chi connectivity index (χ1n) is 6.09. The van der Waals surface area contributed by atoms with Crippen molar-refractivity contribution >= 4 is 22.9 Å². The molecule has 0 aliphatic heterocycles. The topological polar surface area (TPSA) is 105 Å². The Morgan fingerprint density at radius 2 is 2.24 bits per heavy atom. The fourth-order valence-corrected chi connectivity index (χ4v) is 2.57. The smallest absolute Gasteiger partial charge is 0.311 e. The maximum atomic E-state index is 12.1. The Bertz CT molecular complexity index is 698. The number of aromatic nitrogens is 1. The Morgan fingerprint density at radius 3 is 2.81 bits per heavy atom. The van der Waals surface area contributed by atoms with E-state index >= 15 is 0 Å². The van der Waals surface area contributed by atoms with E-state index in [1.807, 2.05) is 12.3 Å². The van der Waals surface area contributed by atoms with Gasteiger partial charge in [-0.3, -0.25) is 14.9 Å². The van der Waals surface area contributed by atoms with Gasteiger partial charge >= 0.3 is 5.69 Å². The minimum absolute atomic E-state index is 0.135. The number of rotatable bonds is 4. The molecule has 0 bridgehead atoms. The second kappa shape index (κ2) is 5.88. The lowest BCUT2D eigenvalue weighted by atomic mass is 10.1. The number of nitrogens with zero attached hydrogens (tertiary/aromatic N) is 2. The van der Waals surface area contributed by atoms with E-state index in [2.05, 4.69) is 10.3 Å². The molecule has 21 heavy (non-hydrogen) atoms. The SMILES string of the molecule is Cc1csc(C(C)NC(=O)c2cccc([N+](=O)[O-])c2O)n1. The van der Waals surface area contributed by atoms with Gasteiger partial charge in [0.05, 0.1) is 16.5 Å². The molecule has 110 valence electrons. The Labute approximate surface area is 124 Å². The lowest BCUT2D eigenvalue weighted by molar-refractivity contribution is -0.385. The summed E-state index contributed by atoms with van der Waals surface area (Å²) in [7, 11) is 0. The van der Waals surface area contributed by atoms with E-state index in [1.165, 1.54) is 23.5 Å². The molecule has 1 amide bonds. The molecule has 0 aliphatic rings. The van der Waals surface area contributed by atoms with E-state index in [9.17, 15) is 20.0 Å². The quantitative estimate of drug-likeness (QED) is 0.667. The van der Waals surface area contributed by atoms with Gasteiger partial charge in [0.15, 0.2) is 0 Å². The van der Waals surface area contributed by atoms with Gasteiger partial charge in [0.25, 0.3) is 5.91 Å². The van der Waals surface area contributed by atoms with Crippen molar-refractivity contribution in [1.29, 1.82) is 0 Å². The number of nitrogens with one attached hydrogen (secondary N) is 1. The highest BCUT2D eigenvalue weighted by molar-refractivity contribution is 7.09. The molecule has 1 aromatic heterocycles. The highest BCUT2D eigenvalue weighted by Gasteiger charge is 2.22. The average molecular weight is 307 g/mol. The van der Waals surface area contributed by atoms with Crippen molar-refractivity contribution in [3.05, 3.63) is 50.0 Å². The van der Waals surface area contributed by atoms with Crippen LogP contribution in [0, 0.1) is 17.0 Å². The molecule has 0 saturated heterocycles. The molecule has 0 saturated carbocycles. The Morgan fingerprint density at radius 1 is 1.52 bits per heavy atom. The number of aryl methyl sites for hydroxylation is 1. The van der Waals surface area contributed by atoms with Crippen molar-refractivity contribution < 1.29 is 14.8 Å². The van der Waals surface area contributed by atoms with Crippen LogP contribution in [-0.2, 0) is 0 Å². The van der Waals surface area contributed by atoms with Crippen molar-refractivity contribution in [2.75, 3.05) is 0 Å². The normalized spacial score (nSPS) is 11.9. The maximum Gasteiger partial charge on any atom is 0.311 e. The molecule has 2 N–H and O–H groups in total. The van der Waals surface area contributed by atoms with Gasteiger partial charge < -0.3 is 10.4 Å². The summed E-state index contributed by atoms with van der Waals surface area (Å²) < 4.78 is 0. The predicted octanol–water partition coefficient (Wildman–Crippen LogP) is 2.56. The number of para-hydroxylation sites is 1. The van der Waals surface area contributed by atoms with Crippen LogP contribution in [0.5, 0.6) is 5.75 Å². The van der Waals surface area contributed by atoms with E-state index in [1.54, 1.807) is 6.92 Å². The molecule has 0 radical (unpaired) electrons. The van der Waals surface area contributed by atoms with Crippen molar-refractivity contribution in [3.8, 4) is 5.75 Å². The number of nitro groups is 1. The number of benzene rings is 1. The third-order valence-electron chi connectivity index (χ3n) is 2.81. The minimum atomic E-state index is -0.736. The van der Waals surface area contributed by atoms with Crippen LogP contribution in [0.3, 0.4) is 0 Å². The monoisotopic (exact) mass is 307 g/mol. The zero-order valence-electron chi connectivity index (χ0n) is 11.4. The van der Waals surface area contributed by atoms with Crippen LogP contribution in [0.1, 0.15) is 34.0 Å². The van der Waals surface area contributed by atoms with Crippen molar-refractivity contribution in [2.24, 2.45) is 0 Å². The third kappa shape index (κ3) is 3.16. The Kier molecular flexibility index (Phi) is 4.18. The zero-order valence-corrected chi connectivity index (χ0v) is 12.2. The fourth-order valence-electron chi connectivity index (χ4n) is 1.77.